The average Bonchev–Trinajstić information content (AvgIpc) is 3.49. The van der Waals surface area contributed by atoms with Crippen LogP contribution in [0.2, 0.25) is 0 Å². The third-order valence-corrected chi connectivity index (χ3v) is 9.86. The molecule has 2 heterocycles. The summed E-state index contributed by atoms with van der Waals surface area (Å²) in [5, 5.41) is 18.6. The molecule has 3 atom stereocenters. The molecular weight excluding hydrogens is 618 g/mol. The maximum atomic E-state index is 15.6. The zero-order valence-corrected chi connectivity index (χ0v) is 25.5. The Morgan fingerprint density at radius 1 is 0.909 bits per heavy atom. The number of aliphatic carboxylic acids is 2. The molecule has 9 nitrogen and oxygen atoms in total. The van der Waals surface area contributed by atoms with E-state index in [0.29, 0.717) is 9.40 Å². The SMILES string of the molecule is COc1cc2sc(C(=O)C[C@H](C)C(=O)O)cc2c(F)c1CCCOc1c(OC)cc2sc(C(=O)[C@@H]3C[C@H]3C(=O)O)cc2c1F. The summed E-state index contributed by atoms with van der Waals surface area (Å²) in [7, 11) is 2.75. The smallest absolute Gasteiger partial charge is 0.307 e. The second kappa shape index (κ2) is 12.5. The lowest BCUT2D eigenvalue weighted by Gasteiger charge is -2.14. The van der Waals surface area contributed by atoms with Crippen molar-refractivity contribution in [1.82, 2.24) is 0 Å². The Labute approximate surface area is 258 Å². The fourth-order valence-electron chi connectivity index (χ4n) is 5.05. The molecule has 1 fully saturated rings. The highest BCUT2D eigenvalue weighted by molar-refractivity contribution is 7.21. The van der Waals surface area contributed by atoms with Gasteiger partial charge in [0, 0.05) is 44.1 Å². The van der Waals surface area contributed by atoms with Gasteiger partial charge in [-0.25, -0.2) is 8.78 Å². The summed E-state index contributed by atoms with van der Waals surface area (Å²) in [6, 6.07) is 6.01. The van der Waals surface area contributed by atoms with E-state index in [2.05, 4.69) is 0 Å². The molecule has 1 saturated carbocycles. The minimum Gasteiger partial charge on any atom is -0.496 e. The lowest BCUT2D eigenvalue weighted by molar-refractivity contribution is -0.141. The lowest BCUT2D eigenvalue weighted by atomic mass is 10.0. The molecule has 13 heteroatoms. The van der Waals surface area contributed by atoms with Crippen molar-refractivity contribution in [3.05, 3.63) is 51.2 Å². The number of hydrogen-bond donors (Lipinski definition) is 2. The van der Waals surface area contributed by atoms with Crippen LogP contribution in [-0.4, -0.2) is 54.5 Å². The summed E-state index contributed by atoms with van der Waals surface area (Å²) in [6.45, 7) is 1.42. The van der Waals surface area contributed by atoms with Crippen LogP contribution in [0.4, 0.5) is 8.78 Å². The molecule has 2 aromatic carbocycles. The Morgan fingerprint density at radius 3 is 2.14 bits per heavy atom. The number of rotatable bonds is 14. The Hall–Kier alpha value is -4.10. The predicted molar refractivity (Wildman–Crippen MR) is 160 cm³/mol. The zero-order chi connectivity index (χ0) is 31.9. The number of halogens is 2. The van der Waals surface area contributed by atoms with Crippen molar-refractivity contribution in [2.24, 2.45) is 17.8 Å². The molecule has 2 N–H and O–H groups in total. The van der Waals surface area contributed by atoms with Gasteiger partial charge >= 0.3 is 11.9 Å². The second-order valence-electron chi connectivity index (χ2n) is 10.6. The van der Waals surface area contributed by atoms with Crippen molar-refractivity contribution in [1.29, 1.82) is 0 Å². The third kappa shape index (κ3) is 5.98. The van der Waals surface area contributed by atoms with Crippen LogP contribution in [0.15, 0.2) is 24.3 Å². The summed E-state index contributed by atoms with van der Waals surface area (Å²) < 4.78 is 48.6. The van der Waals surface area contributed by atoms with Gasteiger partial charge in [0.05, 0.1) is 42.4 Å². The number of ether oxygens (including phenoxy) is 3. The van der Waals surface area contributed by atoms with Crippen LogP contribution < -0.4 is 14.2 Å². The Bertz CT molecular complexity index is 1810. The summed E-state index contributed by atoms with van der Waals surface area (Å²) in [4.78, 5) is 48.1. The van der Waals surface area contributed by atoms with E-state index in [1.165, 1.54) is 33.3 Å². The molecule has 4 aromatic rings. The van der Waals surface area contributed by atoms with Crippen LogP contribution in [0, 0.1) is 29.4 Å². The van der Waals surface area contributed by atoms with Crippen LogP contribution in [0.5, 0.6) is 17.2 Å². The molecule has 0 amide bonds. The number of fused-ring (bicyclic) bond motifs is 2. The fourth-order valence-corrected chi connectivity index (χ4v) is 7.17. The highest BCUT2D eigenvalue weighted by Crippen LogP contribution is 2.45. The molecule has 1 aliphatic rings. The van der Waals surface area contributed by atoms with Crippen molar-refractivity contribution < 1.29 is 52.4 Å². The quantitative estimate of drug-likeness (QED) is 0.114. The molecule has 0 unspecified atom stereocenters. The van der Waals surface area contributed by atoms with E-state index >= 15 is 8.78 Å². The minimum atomic E-state index is -1.09. The van der Waals surface area contributed by atoms with Crippen molar-refractivity contribution in [3.63, 3.8) is 0 Å². The van der Waals surface area contributed by atoms with Crippen molar-refractivity contribution in [2.45, 2.75) is 32.6 Å². The van der Waals surface area contributed by atoms with Crippen molar-refractivity contribution in [2.75, 3.05) is 20.8 Å². The number of carboxylic acid groups (broad SMARTS) is 2. The number of carboxylic acids is 2. The zero-order valence-electron chi connectivity index (χ0n) is 23.9. The first-order valence-electron chi connectivity index (χ1n) is 13.7. The highest BCUT2D eigenvalue weighted by atomic mass is 32.1. The Balaban J connectivity index is 1.31. The normalized spacial score (nSPS) is 16.6. The van der Waals surface area contributed by atoms with Gasteiger partial charge in [-0.1, -0.05) is 6.92 Å². The van der Waals surface area contributed by atoms with Gasteiger partial charge in [-0.3, -0.25) is 19.2 Å². The molecule has 0 bridgehead atoms. The van der Waals surface area contributed by atoms with Gasteiger partial charge in [-0.2, -0.15) is 0 Å². The Kier molecular flexibility index (Phi) is 8.89. The first-order valence-corrected chi connectivity index (χ1v) is 15.3. The van der Waals surface area contributed by atoms with Gasteiger partial charge in [0.15, 0.2) is 28.9 Å². The van der Waals surface area contributed by atoms with Crippen LogP contribution in [0.1, 0.15) is 51.1 Å². The van der Waals surface area contributed by atoms with Crippen LogP contribution in [-0.2, 0) is 16.0 Å². The number of carbonyl (C=O) groups is 4. The molecule has 1 aliphatic carbocycles. The molecule has 5 rings (SSSR count). The number of Topliss-reactive ketones (excluding diaryl/α,β-unsaturated/α-hetero) is 2. The molecule has 232 valence electrons. The number of benzene rings is 2. The first kappa shape index (κ1) is 31.3. The average molecular weight is 647 g/mol. The van der Waals surface area contributed by atoms with Gasteiger partial charge in [0.1, 0.15) is 11.6 Å². The van der Waals surface area contributed by atoms with E-state index < -0.39 is 41.3 Å². The van der Waals surface area contributed by atoms with E-state index in [4.69, 9.17) is 24.4 Å². The molecule has 0 saturated heterocycles. The number of ketones is 2. The molecular formula is C31H28F2O9S2. The van der Waals surface area contributed by atoms with Gasteiger partial charge in [0.2, 0.25) is 0 Å². The van der Waals surface area contributed by atoms with Gasteiger partial charge in [-0.05, 0) is 37.5 Å². The van der Waals surface area contributed by atoms with Crippen LogP contribution in [0.25, 0.3) is 20.2 Å². The molecule has 0 spiro atoms. The van der Waals surface area contributed by atoms with E-state index in [-0.39, 0.29) is 87.2 Å². The maximum Gasteiger partial charge on any atom is 0.307 e. The van der Waals surface area contributed by atoms with Crippen LogP contribution in [0.3, 0.4) is 0 Å². The lowest BCUT2D eigenvalue weighted by Crippen LogP contribution is -2.13. The molecule has 44 heavy (non-hydrogen) atoms. The third-order valence-electron chi connectivity index (χ3n) is 7.64. The maximum absolute atomic E-state index is 15.6. The summed E-state index contributed by atoms with van der Waals surface area (Å²) in [5.41, 5.74) is 0.253. The first-order chi connectivity index (χ1) is 20.9. The second-order valence-corrected chi connectivity index (χ2v) is 12.8. The highest BCUT2D eigenvalue weighted by Gasteiger charge is 2.48. The number of hydrogen-bond acceptors (Lipinski definition) is 9. The molecule has 0 radical (unpaired) electrons. The topological polar surface area (TPSA) is 136 Å². The minimum absolute atomic E-state index is 0.0157. The van der Waals surface area contributed by atoms with Gasteiger partial charge in [-0.15, -0.1) is 22.7 Å². The van der Waals surface area contributed by atoms with E-state index in [1.807, 2.05) is 0 Å². The summed E-state index contributed by atoms with van der Waals surface area (Å²) in [6.07, 6.45) is 0.483. The number of thiophene rings is 2. The largest absolute Gasteiger partial charge is 0.496 e. The van der Waals surface area contributed by atoms with E-state index in [1.54, 1.807) is 12.1 Å². The predicted octanol–water partition coefficient (Wildman–Crippen LogP) is 6.62. The molecule has 2 aromatic heterocycles. The number of methoxy groups -OCH3 is 2. The van der Waals surface area contributed by atoms with Crippen LogP contribution >= 0.6 is 22.7 Å². The number of carbonyl (C=O) groups excluding carboxylic acids is 2. The van der Waals surface area contributed by atoms with E-state index in [0.717, 1.165) is 22.7 Å². The summed E-state index contributed by atoms with van der Waals surface area (Å²) >= 11 is 2.12. The fraction of sp³-hybridized carbons (Fsp3) is 0.355. The Morgan fingerprint density at radius 2 is 1.52 bits per heavy atom. The molecule has 0 aliphatic heterocycles. The monoisotopic (exact) mass is 646 g/mol. The van der Waals surface area contributed by atoms with E-state index in [9.17, 15) is 19.2 Å². The van der Waals surface area contributed by atoms with Crippen molar-refractivity contribution in [3.8, 4) is 17.2 Å². The van der Waals surface area contributed by atoms with Gasteiger partial charge < -0.3 is 24.4 Å². The van der Waals surface area contributed by atoms with Crippen molar-refractivity contribution >= 4 is 66.4 Å². The van der Waals surface area contributed by atoms with Gasteiger partial charge in [0.25, 0.3) is 0 Å². The summed E-state index contributed by atoms with van der Waals surface area (Å²) in [5.74, 6) is -6.09. The standard InChI is InChI=1S/C31H28F2O9S2/c1-13(30(36)37)7-19(34)24-9-17-22(43-24)11-20(40-2)14(26(17)32)5-4-6-42-29-21(41-3)12-23-18(27(29)33)10-25(44-23)28(35)15-8-16(15)31(38)39/h9-13,15-16H,4-8H2,1-3H3,(H,36,37)(H,38,39)/t13-,15+,16+/m0/s1.